The number of amides is 1. The molecule has 5 rings (SSSR count). The molecule has 7 heteroatoms. The summed E-state index contributed by atoms with van der Waals surface area (Å²) in [5.74, 6) is -0.910. The van der Waals surface area contributed by atoms with E-state index < -0.39 is 17.5 Å². The Bertz CT molecular complexity index is 1220. The number of carbonyl (C=O) groups is 2. The minimum absolute atomic E-state index is 0.101. The molecule has 3 saturated carbocycles. The summed E-state index contributed by atoms with van der Waals surface area (Å²) < 4.78 is 2.23. The number of carboxylic acids is 1. The summed E-state index contributed by atoms with van der Waals surface area (Å²) in [4.78, 5) is 24.8. The fourth-order valence-corrected chi connectivity index (χ4v) is 6.67. The van der Waals surface area contributed by atoms with Crippen LogP contribution in [-0.2, 0) is 22.4 Å². The van der Waals surface area contributed by atoms with Gasteiger partial charge in [0.25, 0.3) is 5.91 Å². The highest BCUT2D eigenvalue weighted by molar-refractivity contribution is 6.36. The number of halogens is 1. The average molecular weight is 541 g/mol. The van der Waals surface area contributed by atoms with Gasteiger partial charge in [0.2, 0.25) is 0 Å². The minimum atomic E-state index is -1.01. The number of aromatic nitrogens is 1. The van der Waals surface area contributed by atoms with Crippen LogP contribution in [0.15, 0.2) is 18.2 Å². The maximum atomic E-state index is 13.5. The normalized spacial score (nSPS) is 23.1. The van der Waals surface area contributed by atoms with Crippen LogP contribution in [0.3, 0.4) is 0 Å². The third-order valence-electron chi connectivity index (χ3n) is 9.29. The quantitative estimate of drug-likeness (QED) is 0.353. The van der Waals surface area contributed by atoms with Gasteiger partial charge in [0.1, 0.15) is 0 Å². The van der Waals surface area contributed by atoms with Gasteiger partial charge < -0.3 is 20.1 Å². The molecule has 2 aromatic rings. The fourth-order valence-electron chi connectivity index (χ4n) is 6.24. The van der Waals surface area contributed by atoms with Gasteiger partial charge in [-0.05, 0) is 93.9 Å². The first kappa shape index (κ1) is 27.3. The van der Waals surface area contributed by atoms with Crippen LogP contribution < -0.4 is 5.32 Å². The molecular formula is C31H41ClN2O4. The lowest BCUT2D eigenvalue weighted by Gasteiger charge is -2.32. The van der Waals surface area contributed by atoms with Gasteiger partial charge in [-0.15, -0.1) is 0 Å². The van der Waals surface area contributed by atoms with Crippen LogP contribution in [0.1, 0.15) is 106 Å². The zero-order valence-electron chi connectivity index (χ0n) is 23.1. The zero-order valence-corrected chi connectivity index (χ0v) is 23.8. The Labute approximate surface area is 230 Å². The van der Waals surface area contributed by atoms with Crippen LogP contribution in [-0.4, -0.2) is 32.7 Å². The Morgan fingerprint density at radius 1 is 1.13 bits per heavy atom. The van der Waals surface area contributed by atoms with Crippen molar-refractivity contribution >= 4 is 23.5 Å². The molecule has 1 amide bonds. The molecule has 1 aromatic heterocycles. The lowest BCUT2D eigenvalue weighted by molar-refractivity contribution is -0.145. The fraction of sp³-hybridized carbons (Fsp3) is 0.613. The molecule has 1 aromatic carbocycles. The first-order valence-electron chi connectivity index (χ1n) is 14.2. The highest BCUT2D eigenvalue weighted by atomic mass is 35.5. The van der Waals surface area contributed by atoms with E-state index in [-0.39, 0.29) is 17.4 Å². The van der Waals surface area contributed by atoms with Crippen LogP contribution in [0, 0.1) is 18.8 Å². The van der Waals surface area contributed by atoms with E-state index in [4.69, 9.17) is 11.6 Å². The van der Waals surface area contributed by atoms with Crippen molar-refractivity contribution in [3.05, 3.63) is 45.6 Å². The SMILES string of the molecule is Cc1c(C(=O)N[C@H]2C[C@H](C(=O)O)C2)c(Cl)c(-c2cc(C(C)(C)O)cc(C3(C)CC3)c2)n1CC1CCCCC1. The maximum absolute atomic E-state index is 13.5. The summed E-state index contributed by atoms with van der Waals surface area (Å²) in [6.45, 7) is 8.65. The number of rotatable bonds is 8. The lowest BCUT2D eigenvalue weighted by atomic mass is 9.80. The largest absolute Gasteiger partial charge is 0.481 e. The summed E-state index contributed by atoms with van der Waals surface area (Å²) in [6, 6.07) is 6.20. The van der Waals surface area contributed by atoms with E-state index in [1.54, 1.807) is 13.8 Å². The molecule has 3 N–H and O–H groups in total. The molecule has 0 aliphatic heterocycles. The number of carboxylic acid groups (broad SMARTS) is 1. The molecule has 206 valence electrons. The molecule has 0 unspecified atom stereocenters. The van der Waals surface area contributed by atoms with E-state index >= 15 is 0 Å². The topological polar surface area (TPSA) is 91.6 Å². The summed E-state index contributed by atoms with van der Waals surface area (Å²) in [5.41, 5.74) is 4.23. The van der Waals surface area contributed by atoms with Gasteiger partial charge in [0.15, 0.2) is 0 Å². The third kappa shape index (κ3) is 5.27. The molecule has 3 aliphatic rings. The van der Waals surface area contributed by atoms with Gasteiger partial charge in [-0.3, -0.25) is 9.59 Å². The Balaban J connectivity index is 1.57. The predicted molar refractivity (Wildman–Crippen MR) is 150 cm³/mol. The lowest BCUT2D eigenvalue weighted by Crippen LogP contribution is -2.46. The molecule has 0 spiro atoms. The molecule has 0 saturated heterocycles. The second-order valence-corrected chi connectivity index (χ2v) is 13.2. The number of aliphatic hydroxyl groups is 1. The van der Waals surface area contributed by atoms with Crippen molar-refractivity contribution < 1.29 is 19.8 Å². The summed E-state index contributed by atoms with van der Waals surface area (Å²) in [6.07, 6.45) is 9.19. The van der Waals surface area contributed by atoms with Crippen LogP contribution in [0.4, 0.5) is 0 Å². The molecule has 6 nitrogen and oxygen atoms in total. The monoisotopic (exact) mass is 540 g/mol. The minimum Gasteiger partial charge on any atom is -0.481 e. The Hall–Kier alpha value is -2.31. The highest BCUT2D eigenvalue weighted by Crippen LogP contribution is 2.50. The van der Waals surface area contributed by atoms with E-state index in [0.29, 0.717) is 29.3 Å². The number of nitrogens with zero attached hydrogens (tertiary/aromatic N) is 1. The number of hydrogen-bond acceptors (Lipinski definition) is 3. The average Bonchev–Trinajstić information content (AvgIpc) is 3.53. The van der Waals surface area contributed by atoms with Crippen molar-refractivity contribution in [3.8, 4) is 11.3 Å². The summed E-state index contributed by atoms with van der Waals surface area (Å²) in [5, 5.41) is 23.7. The standard InChI is InChI=1S/C31H41ClN2O4/c1-18-25(28(35)33-24-14-21(15-24)29(36)37)26(32)27(34(18)17-19-8-6-5-7-9-19)20-12-22(30(2,3)38)16-23(13-20)31(4)10-11-31/h12-13,16,19,21,24,38H,5-11,14-15,17H2,1-4H3,(H,33,35)(H,36,37)/t21-,24-. The Morgan fingerprint density at radius 3 is 2.37 bits per heavy atom. The molecule has 3 fully saturated rings. The maximum Gasteiger partial charge on any atom is 0.306 e. The van der Waals surface area contributed by atoms with Crippen LogP contribution in [0.5, 0.6) is 0 Å². The zero-order chi connectivity index (χ0) is 27.4. The van der Waals surface area contributed by atoms with Gasteiger partial charge >= 0.3 is 5.97 Å². The number of nitrogens with one attached hydrogen (secondary N) is 1. The van der Waals surface area contributed by atoms with Gasteiger partial charge in [-0.25, -0.2) is 0 Å². The van der Waals surface area contributed by atoms with E-state index in [0.717, 1.165) is 41.9 Å². The van der Waals surface area contributed by atoms with Crippen LogP contribution in [0.2, 0.25) is 5.02 Å². The number of aliphatic carboxylic acids is 1. The third-order valence-corrected chi connectivity index (χ3v) is 9.66. The summed E-state index contributed by atoms with van der Waals surface area (Å²) >= 11 is 7.12. The molecular weight excluding hydrogens is 500 g/mol. The van der Waals surface area contributed by atoms with E-state index in [2.05, 4.69) is 28.9 Å². The number of benzene rings is 1. The van der Waals surface area contributed by atoms with Crippen LogP contribution >= 0.6 is 11.6 Å². The predicted octanol–water partition coefficient (Wildman–Crippen LogP) is 6.57. The molecule has 0 atom stereocenters. The van der Waals surface area contributed by atoms with Crippen molar-refractivity contribution in [1.82, 2.24) is 9.88 Å². The Kier molecular flexibility index (Phi) is 7.19. The van der Waals surface area contributed by atoms with Crippen molar-refractivity contribution in [1.29, 1.82) is 0 Å². The second kappa shape index (κ2) is 10.0. The van der Waals surface area contributed by atoms with E-state index in [1.165, 1.54) is 37.7 Å². The second-order valence-electron chi connectivity index (χ2n) is 12.8. The molecule has 38 heavy (non-hydrogen) atoms. The molecule has 0 bridgehead atoms. The van der Waals surface area contributed by atoms with E-state index in [9.17, 15) is 19.8 Å². The van der Waals surface area contributed by atoms with Gasteiger partial charge in [0.05, 0.1) is 27.8 Å². The summed E-state index contributed by atoms with van der Waals surface area (Å²) in [7, 11) is 0. The molecule has 3 aliphatic carbocycles. The van der Waals surface area contributed by atoms with Gasteiger partial charge in [0, 0.05) is 23.8 Å². The molecule has 0 radical (unpaired) electrons. The highest BCUT2D eigenvalue weighted by Gasteiger charge is 2.41. The molecule has 1 heterocycles. The first-order valence-corrected chi connectivity index (χ1v) is 14.6. The van der Waals surface area contributed by atoms with Gasteiger partial charge in [-0.1, -0.05) is 43.9 Å². The smallest absolute Gasteiger partial charge is 0.306 e. The van der Waals surface area contributed by atoms with Crippen molar-refractivity contribution in [2.75, 3.05) is 0 Å². The number of carbonyl (C=O) groups excluding carboxylic acids is 1. The van der Waals surface area contributed by atoms with Crippen molar-refractivity contribution in [2.45, 2.75) is 109 Å². The number of hydrogen-bond donors (Lipinski definition) is 3. The van der Waals surface area contributed by atoms with E-state index in [1.807, 2.05) is 13.0 Å². The van der Waals surface area contributed by atoms with Crippen LogP contribution in [0.25, 0.3) is 11.3 Å². The van der Waals surface area contributed by atoms with Crippen molar-refractivity contribution in [2.24, 2.45) is 11.8 Å². The van der Waals surface area contributed by atoms with Gasteiger partial charge in [-0.2, -0.15) is 0 Å². The first-order chi connectivity index (χ1) is 17.9. The van der Waals surface area contributed by atoms with Crippen molar-refractivity contribution in [3.63, 3.8) is 0 Å². The Morgan fingerprint density at radius 2 is 1.79 bits per heavy atom.